The zero-order chi connectivity index (χ0) is 45.6. The van der Waals surface area contributed by atoms with Crippen LogP contribution in [0.25, 0.3) is 0 Å². The second-order valence-electron chi connectivity index (χ2n) is 17.8. The van der Waals surface area contributed by atoms with Crippen LogP contribution in [0.1, 0.15) is 200 Å². The minimum absolute atomic E-state index is 0.181. The average Bonchev–Trinajstić information content (AvgIpc) is 3.23. The average molecular weight is 873 g/mol. The molecule has 0 aliphatic carbocycles. The normalized spacial score (nSPS) is 13.4. The first kappa shape index (κ1) is 59.0. The van der Waals surface area contributed by atoms with Gasteiger partial charge < -0.3 is 28.5 Å². The van der Waals surface area contributed by atoms with E-state index in [1.807, 2.05) is 21.1 Å². The number of allylic oxidation sites excluding steroid dienone is 10. The molecule has 0 amide bonds. The number of hydrogen-bond donors (Lipinski definition) is 1. The number of ether oxygens (including phenoxy) is 4. The molecule has 2 atom stereocenters. The third-order valence-electron chi connectivity index (χ3n) is 10.5. The smallest absolute Gasteiger partial charge is 0.361 e. The first-order valence-corrected chi connectivity index (χ1v) is 25.0. The zero-order valence-electron chi connectivity index (χ0n) is 40.5. The summed E-state index contributed by atoms with van der Waals surface area (Å²) in [5, 5.41) is 9.66. The van der Waals surface area contributed by atoms with Crippen molar-refractivity contribution in [2.75, 3.05) is 47.5 Å². The Morgan fingerprint density at radius 3 is 1.32 bits per heavy atom. The molecule has 0 fully saturated rings. The van der Waals surface area contributed by atoms with Crippen molar-refractivity contribution in [3.63, 3.8) is 0 Å². The SMILES string of the molecule is CCCCC/C=C\C/C=C\C/C=C\CCCCCCCCC(=O)OC(COC(=O)CCCCCCCCC/C=C\C/C=C\CCCCCC)COC(OCC[N+](C)(C)C)C(=O)O. The largest absolute Gasteiger partial charge is 0.477 e. The molecule has 0 aromatic rings. The van der Waals surface area contributed by atoms with E-state index in [0.717, 1.165) is 89.9 Å². The van der Waals surface area contributed by atoms with Crippen LogP contribution in [-0.4, -0.2) is 87.4 Å². The Morgan fingerprint density at radius 2 is 0.871 bits per heavy atom. The molecule has 0 radical (unpaired) electrons. The minimum atomic E-state index is -1.52. The number of hydrogen-bond acceptors (Lipinski definition) is 7. The Balaban J connectivity index is 4.42. The topological polar surface area (TPSA) is 108 Å². The van der Waals surface area contributed by atoms with E-state index in [1.165, 1.54) is 77.0 Å². The van der Waals surface area contributed by atoms with Gasteiger partial charge in [-0.05, 0) is 83.5 Å². The van der Waals surface area contributed by atoms with E-state index in [4.69, 9.17) is 18.9 Å². The summed E-state index contributed by atoms with van der Waals surface area (Å²) < 4.78 is 22.8. The summed E-state index contributed by atoms with van der Waals surface area (Å²) in [6, 6.07) is 0. The van der Waals surface area contributed by atoms with Crippen LogP contribution in [0.15, 0.2) is 60.8 Å². The van der Waals surface area contributed by atoms with Gasteiger partial charge >= 0.3 is 17.9 Å². The molecule has 62 heavy (non-hydrogen) atoms. The van der Waals surface area contributed by atoms with Crippen molar-refractivity contribution >= 4 is 17.9 Å². The van der Waals surface area contributed by atoms with Crippen LogP contribution in [0, 0.1) is 0 Å². The maximum Gasteiger partial charge on any atom is 0.361 e. The van der Waals surface area contributed by atoms with Gasteiger partial charge in [-0.25, -0.2) is 4.79 Å². The standard InChI is InChI=1S/C53H93NO8/c1-6-8-10-12-14-16-18-20-22-24-26-28-30-32-34-36-38-40-42-44-51(56)62-49(48-61-53(52(57)58)59-46-45-54(3,4)5)47-60-50(55)43-41-39-37-35-33-31-29-27-25-23-21-19-17-15-13-11-9-7-2/h14,16-17,19-20,22-23,25-26,28,49,53H,6-13,15,18,21,24,27,29-48H2,1-5H3/p+1/b16-14-,19-17-,22-20-,25-23-,28-26-. The van der Waals surface area contributed by atoms with Crippen LogP contribution in [0.3, 0.4) is 0 Å². The summed E-state index contributed by atoms with van der Waals surface area (Å²) >= 11 is 0. The van der Waals surface area contributed by atoms with E-state index in [9.17, 15) is 19.5 Å². The molecule has 0 saturated heterocycles. The fourth-order valence-corrected chi connectivity index (χ4v) is 6.58. The van der Waals surface area contributed by atoms with Crippen molar-refractivity contribution in [1.82, 2.24) is 0 Å². The van der Waals surface area contributed by atoms with Gasteiger partial charge in [0.1, 0.15) is 13.2 Å². The Labute approximate surface area is 380 Å². The fourth-order valence-electron chi connectivity index (χ4n) is 6.58. The maximum absolute atomic E-state index is 12.8. The van der Waals surface area contributed by atoms with Crippen molar-refractivity contribution in [1.29, 1.82) is 0 Å². The number of aliphatic carboxylic acids is 1. The van der Waals surface area contributed by atoms with Gasteiger partial charge in [0.05, 0.1) is 34.4 Å². The predicted molar refractivity (Wildman–Crippen MR) is 258 cm³/mol. The van der Waals surface area contributed by atoms with Gasteiger partial charge in [0.25, 0.3) is 6.29 Å². The zero-order valence-corrected chi connectivity index (χ0v) is 40.5. The molecule has 9 heteroatoms. The molecule has 0 bridgehead atoms. The van der Waals surface area contributed by atoms with Gasteiger partial charge in [-0.15, -0.1) is 0 Å². The van der Waals surface area contributed by atoms with Crippen LogP contribution >= 0.6 is 0 Å². The minimum Gasteiger partial charge on any atom is -0.477 e. The number of quaternary nitrogens is 1. The summed E-state index contributed by atoms with van der Waals surface area (Å²) in [6.45, 7) is 4.80. The molecule has 9 nitrogen and oxygen atoms in total. The van der Waals surface area contributed by atoms with Crippen LogP contribution in [0.5, 0.6) is 0 Å². The lowest BCUT2D eigenvalue weighted by Crippen LogP contribution is -2.40. The van der Waals surface area contributed by atoms with Gasteiger partial charge in [-0.3, -0.25) is 9.59 Å². The van der Waals surface area contributed by atoms with Crippen molar-refractivity contribution in [3.05, 3.63) is 60.8 Å². The summed E-state index contributed by atoms with van der Waals surface area (Å²) in [7, 11) is 5.95. The van der Waals surface area contributed by atoms with Gasteiger partial charge in [0, 0.05) is 12.8 Å². The molecule has 1 N–H and O–H groups in total. The number of carboxylic acids is 1. The summed E-state index contributed by atoms with van der Waals surface area (Å²) in [5.74, 6) is -2.04. The highest BCUT2D eigenvalue weighted by Gasteiger charge is 2.25. The van der Waals surface area contributed by atoms with E-state index in [-0.39, 0.29) is 38.6 Å². The molecule has 0 saturated carbocycles. The lowest BCUT2D eigenvalue weighted by Gasteiger charge is -2.25. The van der Waals surface area contributed by atoms with Crippen LogP contribution in [-0.2, 0) is 33.3 Å². The van der Waals surface area contributed by atoms with Gasteiger partial charge in [0.15, 0.2) is 6.10 Å². The third-order valence-corrected chi connectivity index (χ3v) is 10.5. The van der Waals surface area contributed by atoms with Gasteiger partial charge in [0.2, 0.25) is 0 Å². The number of unbranched alkanes of at least 4 members (excludes halogenated alkanes) is 20. The molecule has 0 aromatic heterocycles. The molecule has 0 aliphatic heterocycles. The summed E-state index contributed by atoms with van der Waals surface area (Å²) in [4.78, 5) is 37.2. The molecular weight excluding hydrogens is 779 g/mol. The quantitative estimate of drug-likeness (QED) is 0.0212. The molecule has 2 unspecified atom stereocenters. The Bertz CT molecular complexity index is 1200. The van der Waals surface area contributed by atoms with Crippen molar-refractivity contribution in [2.24, 2.45) is 0 Å². The molecular formula is C53H94NO8+. The number of carbonyl (C=O) groups is 3. The Hall–Kier alpha value is -3.01. The first-order chi connectivity index (χ1) is 30.1. The second kappa shape index (κ2) is 44.6. The molecule has 358 valence electrons. The highest BCUT2D eigenvalue weighted by molar-refractivity contribution is 5.71. The molecule has 0 heterocycles. The number of rotatable bonds is 45. The Morgan fingerprint density at radius 1 is 0.484 bits per heavy atom. The van der Waals surface area contributed by atoms with Crippen LogP contribution in [0.2, 0.25) is 0 Å². The van der Waals surface area contributed by atoms with E-state index in [2.05, 4.69) is 74.6 Å². The Kier molecular flexibility index (Phi) is 42.4. The lowest BCUT2D eigenvalue weighted by atomic mass is 10.1. The molecule has 0 aromatic carbocycles. The number of likely N-dealkylation sites (N-methyl/N-ethyl adjacent to an activating group) is 1. The fraction of sp³-hybridized carbons (Fsp3) is 0.755. The van der Waals surface area contributed by atoms with Crippen LogP contribution < -0.4 is 0 Å². The van der Waals surface area contributed by atoms with E-state index >= 15 is 0 Å². The number of carbonyl (C=O) groups excluding carboxylic acids is 2. The van der Waals surface area contributed by atoms with Crippen LogP contribution in [0.4, 0.5) is 0 Å². The van der Waals surface area contributed by atoms with E-state index in [1.54, 1.807) is 0 Å². The van der Waals surface area contributed by atoms with Crippen molar-refractivity contribution in [3.8, 4) is 0 Å². The number of esters is 2. The summed E-state index contributed by atoms with van der Waals surface area (Å²) in [5.41, 5.74) is 0. The summed E-state index contributed by atoms with van der Waals surface area (Å²) in [6.07, 6.45) is 51.3. The maximum atomic E-state index is 12.8. The predicted octanol–water partition coefficient (Wildman–Crippen LogP) is 13.7. The first-order valence-electron chi connectivity index (χ1n) is 25.0. The lowest BCUT2D eigenvalue weighted by molar-refractivity contribution is -0.870. The van der Waals surface area contributed by atoms with Crippen molar-refractivity contribution < 1.29 is 42.9 Å². The molecule has 0 rings (SSSR count). The molecule has 0 spiro atoms. The highest BCUT2D eigenvalue weighted by atomic mass is 16.7. The monoisotopic (exact) mass is 873 g/mol. The van der Waals surface area contributed by atoms with E-state index < -0.39 is 24.3 Å². The number of nitrogens with zero attached hydrogens (tertiary/aromatic N) is 1. The van der Waals surface area contributed by atoms with Gasteiger partial charge in [-0.1, -0.05) is 164 Å². The third kappa shape index (κ3) is 45.0. The van der Waals surface area contributed by atoms with E-state index in [0.29, 0.717) is 17.4 Å². The second-order valence-corrected chi connectivity index (χ2v) is 17.8. The van der Waals surface area contributed by atoms with Crippen molar-refractivity contribution in [2.45, 2.75) is 212 Å². The molecule has 0 aliphatic rings. The number of carboxylic acid groups (broad SMARTS) is 1. The highest BCUT2D eigenvalue weighted by Crippen LogP contribution is 2.14. The van der Waals surface area contributed by atoms with Gasteiger partial charge in [-0.2, -0.15) is 0 Å².